The van der Waals surface area contributed by atoms with E-state index >= 15 is 0 Å². The molecule has 1 aromatic carbocycles. The maximum atomic E-state index is 13.0. The second-order valence-corrected chi connectivity index (χ2v) is 8.55. The monoisotopic (exact) mass is 354 g/mol. The minimum Gasteiger partial charge on any atom is -0.339 e. The molecule has 1 aromatic rings. The smallest absolute Gasteiger partial charge is 0.256 e. The van der Waals surface area contributed by atoms with Gasteiger partial charge in [-0.1, -0.05) is 37.6 Å². The molecule has 3 rings (SSSR count). The lowest BCUT2D eigenvalue weighted by Gasteiger charge is -2.20. The third kappa shape index (κ3) is 3.42. The van der Waals surface area contributed by atoms with Gasteiger partial charge in [0.25, 0.3) is 5.91 Å². The number of benzene rings is 1. The normalized spacial score (nSPS) is 23.5. The minimum atomic E-state index is -0.0485. The summed E-state index contributed by atoms with van der Waals surface area (Å²) in [5, 5.41) is 3.06. The van der Waals surface area contributed by atoms with Crippen molar-refractivity contribution in [1.82, 2.24) is 4.90 Å². The summed E-state index contributed by atoms with van der Waals surface area (Å²) in [6.45, 7) is 11.9. The Kier molecular flexibility index (Phi) is 4.96. The summed E-state index contributed by atoms with van der Waals surface area (Å²) in [7, 11) is 0. The highest BCUT2D eigenvalue weighted by molar-refractivity contribution is 6.06. The number of carbonyl (C=O) groups is 2. The molecular formula is C22H30N2O2. The van der Waals surface area contributed by atoms with Crippen LogP contribution >= 0.6 is 0 Å². The summed E-state index contributed by atoms with van der Waals surface area (Å²) in [6, 6.07) is 5.68. The Bertz CT molecular complexity index is 753. The Balaban J connectivity index is 1.82. The van der Waals surface area contributed by atoms with Crippen LogP contribution in [0.25, 0.3) is 0 Å². The second kappa shape index (κ2) is 6.90. The highest BCUT2D eigenvalue weighted by Gasteiger charge is 2.60. The molecule has 2 fully saturated rings. The lowest BCUT2D eigenvalue weighted by atomic mass is 10.0. The minimum absolute atomic E-state index is 0.0126. The van der Waals surface area contributed by atoms with E-state index in [9.17, 15) is 9.59 Å². The zero-order valence-corrected chi connectivity index (χ0v) is 16.6. The molecule has 1 N–H and O–H groups in total. The molecule has 2 amide bonds. The fourth-order valence-corrected chi connectivity index (χ4v) is 4.19. The van der Waals surface area contributed by atoms with Crippen LogP contribution in [0.1, 0.15) is 56.5 Å². The highest BCUT2D eigenvalue weighted by Crippen LogP contribution is 2.59. The van der Waals surface area contributed by atoms with E-state index < -0.39 is 0 Å². The summed E-state index contributed by atoms with van der Waals surface area (Å²) in [4.78, 5) is 27.8. The fourth-order valence-electron chi connectivity index (χ4n) is 4.19. The van der Waals surface area contributed by atoms with Gasteiger partial charge in [-0.2, -0.15) is 0 Å². The van der Waals surface area contributed by atoms with Crippen LogP contribution in [0, 0.1) is 24.2 Å². The van der Waals surface area contributed by atoms with Gasteiger partial charge in [0.1, 0.15) is 0 Å². The van der Waals surface area contributed by atoms with Crippen molar-refractivity contribution < 1.29 is 9.59 Å². The lowest BCUT2D eigenvalue weighted by Crippen LogP contribution is -2.30. The molecule has 1 saturated heterocycles. The van der Waals surface area contributed by atoms with E-state index in [0.29, 0.717) is 11.3 Å². The number of likely N-dealkylation sites (tertiary alicyclic amines) is 1. The topological polar surface area (TPSA) is 49.4 Å². The number of nitrogens with one attached hydrogen (secondary N) is 1. The van der Waals surface area contributed by atoms with Crippen LogP contribution in [0.2, 0.25) is 0 Å². The molecule has 0 aromatic heterocycles. The van der Waals surface area contributed by atoms with Crippen molar-refractivity contribution in [2.24, 2.45) is 17.3 Å². The predicted octanol–water partition coefficient (Wildman–Crippen LogP) is 4.41. The average Bonchev–Trinajstić information content (AvgIpc) is 2.93. The number of hydrogen-bond donors (Lipinski definition) is 1. The average molecular weight is 354 g/mol. The largest absolute Gasteiger partial charge is 0.339 e. The van der Waals surface area contributed by atoms with E-state index in [1.165, 1.54) is 5.57 Å². The number of rotatable bonds is 4. The van der Waals surface area contributed by atoms with Gasteiger partial charge < -0.3 is 10.2 Å². The van der Waals surface area contributed by atoms with Gasteiger partial charge in [-0.15, -0.1) is 0 Å². The van der Waals surface area contributed by atoms with Gasteiger partial charge in [-0.05, 0) is 56.6 Å². The summed E-state index contributed by atoms with van der Waals surface area (Å²) in [5.41, 5.74) is 3.39. The summed E-state index contributed by atoms with van der Waals surface area (Å²) in [6.07, 6.45) is 4.30. The van der Waals surface area contributed by atoms with Gasteiger partial charge >= 0.3 is 0 Å². The maximum absolute atomic E-state index is 13.0. The molecule has 1 aliphatic carbocycles. The number of aryl methyl sites for hydroxylation is 1. The Morgan fingerprint density at radius 1 is 1.19 bits per heavy atom. The third-order valence-electron chi connectivity index (χ3n) is 5.84. The molecule has 0 bridgehead atoms. The molecular weight excluding hydrogens is 324 g/mol. The first-order valence-corrected chi connectivity index (χ1v) is 9.58. The van der Waals surface area contributed by atoms with Gasteiger partial charge in [-0.25, -0.2) is 0 Å². The van der Waals surface area contributed by atoms with E-state index in [1.54, 1.807) is 0 Å². The highest BCUT2D eigenvalue weighted by atomic mass is 16.2. The first-order valence-electron chi connectivity index (χ1n) is 9.58. The Morgan fingerprint density at radius 2 is 1.85 bits per heavy atom. The van der Waals surface area contributed by atoms with E-state index in [4.69, 9.17) is 0 Å². The van der Waals surface area contributed by atoms with Crippen molar-refractivity contribution in [2.45, 2.75) is 47.5 Å². The number of nitrogens with zero attached hydrogens (tertiary/aromatic N) is 1. The predicted molar refractivity (Wildman–Crippen MR) is 105 cm³/mol. The van der Waals surface area contributed by atoms with Gasteiger partial charge in [0.15, 0.2) is 0 Å². The molecule has 4 nitrogen and oxygen atoms in total. The number of amides is 2. The van der Waals surface area contributed by atoms with Gasteiger partial charge in [0, 0.05) is 13.1 Å². The molecule has 26 heavy (non-hydrogen) atoms. The molecule has 2 atom stereocenters. The number of allylic oxidation sites excluding steroid dienone is 2. The second-order valence-electron chi connectivity index (χ2n) is 8.55. The van der Waals surface area contributed by atoms with Crippen LogP contribution in [0.3, 0.4) is 0 Å². The van der Waals surface area contributed by atoms with E-state index in [0.717, 1.165) is 31.5 Å². The maximum Gasteiger partial charge on any atom is 0.256 e. The standard InChI is InChI=1S/C22H30N2O2/c1-14(2)13-16-19(22(16,4)5)20(25)23-17-10-8-9-15(3)18(17)21(26)24-11-6-7-12-24/h8-10,13,16,19H,6-7,11-12H2,1-5H3,(H,23,25). The Hall–Kier alpha value is -2.10. The molecule has 2 unspecified atom stereocenters. The number of anilines is 1. The van der Waals surface area contributed by atoms with E-state index in [2.05, 4.69) is 39.1 Å². The molecule has 1 heterocycles. The molecule has 1 aliphatic heterocycles. The van der Waals surface area contributed by atoms with Gasteiger partial charge in [-0.3, -0.25) is 9.59 Å². The molecule has 0 spiro atoms. The Labute approximate surface area is 156 Å². The third-order valence-corrected chi connectivity index (χ3v) is 5.84. The van der Waals surface area contributed by atoms with Crippen LogP contribution in [-0.4, -0.2) is 29.8 Å². The van der Waals surface area contributed by atoms with Crippen molar-refractivity contribution in [3.05, 3.63) is 41.0 Å². The summed E-state index contributed by atoms with van der Waals surface area (Å²) in [5.74, 6) is 0.257. The Morgan fingerprint density at radius 3 is 2.46 bits per heavy atom. The number of carbonyl (C=O) groups excluding carboxylic acids is 2. The zero-order valence-electron chi connectivity index (χ0n) is 16.6. The van der Waals surface area contributed by atoms with E-state index in [-0.39, 0.29) is 29.1 Å². The lowest BCUT2D eigenvalue weighted by molar-refractivity contribution is -0.118. The molecule has 4 heteroatoms. The molecule has 0 radical (unpaired) electrons. The SMILES string of the molecule is CC(C)=CC1C(C(=O)Nc2cccc(C)c2C(=O)N2CCCC2)C1(C)C. The summed E-state index contributed by atoms with van der Waals surface area (Å²) < 4.78 is 0. The van der Waals surface area contributed by atoms with Gasteiger partial charge in [0.2, 0.25) is 5.91 Å². The van der Waals surface area contributed by atoms with Crippen LogP contribution in [0.15, 0.2) is 29.8 Å². The van der Waals surface area contributed by atoms with Crippen LogP contribution < -0.4 is 5.32 Å². The van der Waals surface area contributed by atoms with Crippen LogP contribution in [0.5, 0.6) is 0 Å². The van der Waals surface area contributed by atoms with Crippen LogP contribution in [0.4, 0.5) is 5.69 Å². The zero-order chi connectivity index (χ0) is 19.1. The van der Waals surface area contributed by atoms with Crippen molar-refractivity contribution in [3.8, 4) is 0 Å². The van der Waals surface area contributed by atoms with Crippen molar-refractivity contribution in [3.63, 3.8) is 0 Å². The van der Waals surface area contributed by atoms with Crippen molar-refractivity contribution >= 4 is 17.5 Å². The first-order chi connectivity index (χ1) is 12.2. The van der Waals surface area contributed by atoms with E-state index in [1.807, 2.05) is 30.0 Å². The number of hydrogen-bond acceptors (Lipinski definition) is 2. The summed E-state index contributed by atoms with van der Waals surface area (Å²) >= 11 is 0. The fraction of sp³-hybridized carbons (Fsp3) is 0.545. The van der Waals surface area contributed by atoms with Crippen molar-refractivity contribution in [2.75, 3.05) is 18.4 Å². The molecule has 2 aliphatic rings. The molecule has 140 valence electrons. The first kappa shape index (κ1) is 18.7. The molecule has 1 saturated carbocycles. The van der Waals surface area contributed by atoms with Gasteiger partial charge in [0.05, 0.1) is 17.2 Å². The van der Waals surface area contributed by atoms with Crippen LogP contribution in [-0.2, 0) is 4.79 Å². The quantitative estimate of drug-likeness (QED) is 0.814. The van der Waals surface area contributed by atoms with Crippen molar-refractivity contribution in [1.29, 1.82) is 0 Å².